The Morgan fingerprint density at radius 3 is 2.57 bits per heavy atom. The second kappa shape index (κ2) is 7.27. The van der Waals surface area contributed by atoms with Gasteiger partial charge in [0.05, 0.1) is 11.9 Å². The zero-order valence-electron chi connectivity index (χ0n) is 13.5. The maximum Gasteiger partial charge on any atom is 0.274 e. The summed E-state index contributed by atoms with van der Waals surface area (Å²) in [5.74, 6) is -0.177. The van der Waals surface area contributed by atoms with Gasteiger partial charge in [-0.15, -0.1) is 0 Å². The van der Waals surface area contributed by atoms with Crippen molar-refractivity contribution in [3.8, 4) is 0 Å². The lowest BCUT2D eigenvalue weighted by atomic mass is 9.95. The van der Waals surface area contributed by atoms with E-state index in [1.165, 1.54) is 32.1 Å². The van der Waals surface area contributed by atoms with Gasteiger partial charge in [0.2, 0.25) is 0 Å². The van der Waals surface area contributed by atoms with E-state index in [1.807, 2.05) is 37.3 Å². The van der Waals surface area contributed by atoms with Gasteiger partial charge in [-0.05, 0) is 43.5 Å². The van der Waals surface area contributed by atoms with E-state index >= 15 is 0 Å². The van der Waals surface area contributed by atoms with Crippen LogP contribution in [0.25, 0.3) is 0 Å². The van der Waals surface area contributed by atoms with E-state index in [1.54, 1.807) is 12.3 Å². The van der Waals surface area contributed by atoms with Crippen molar-refractivity contribution in [1.29, 1.82) is 0 Å². The molecule has 0 bridgehead atoms. The van der Waals surface area contributed by atoms with Crippen LogP contribution in [0.4, 0.5) is 11.4 Å². The molecule has 0 unspecified atom stereocenters. The van der Waals surface area contributed by atoms with E-state index in [2.05, 4.69) is 15.6 Å². The number of hydrogen-bond donors (Lipinski definition) is 2. The summed E-state index contributed by atoms with van der Waals surface area (Å²) in [4.78, 5) is 16.6. The number of aromatic nitrogens is 1. The quantitative estimate of drug-likeness (QED) is 0.881. The van der Waals surface area contributed by atoms with Crippen LogP contribution in [0.5, 0.6) is 0 Å². The van der Waals surface area contributed by atoms with Gasteiger partial charge in [0, 0.05) is 11.7 Å². The summed E-state index contributed by atoms with van der Waals surface area (Å²) >= 11 is 0. The van der Waals surface area contributed by atoms with Crippen LogP contribution < -0.4 is 10.6 Å². The molecule has 23 heavy (non-hydrogen) atoms. The van der Waals surface area contributed by atoms with Crippen molar-refractivity contribution in [2.75, 3.05) is 10.6 Å². The van der Waals surface area contributed by atoms with Gasteiger partial charge in [-0.25, -0.2) is 4.98 Å². The number of para-hydroxylation sites is 1. The molecule has 1 saturated carbocycles. The number of nitrogens with one attached hydrogen (secondary N) is 2. The second-order valence-corrected chi connectivity index (χ2v) is 6.18. The fourth-order valence-corrected chi connectivity index (χ4v) is 3.00. The van der Waals surface area contributed by atoms with Gasteiger partial charge in [-0.2, -0.15) is 0 Å². The Hall–Kier alpha value is -2.36. The Bertz CT molecular complexity index is 661. The molecular formula is C19H23N3O. The van der Waals surface area contributed by atoms with Crippen LogP contribution in [0, 0.1) is 6.92 Å². The van der Waals surface area contributed by atoms with Gasteiger partial charge >= 0.3 is 0 Å². The number of nitrogens with zero attached hydrogens (tertiary/aromatic N) is 1. The van der Waals surface area contributed by atoms with Crippen molar-refractivity contribution in [1.82, 2.24) is 4.98 Å². The summed E-state index contributed by atoms with van der Waals surface area (Å²) in [6, 6.07) is 12.0. The molecule has 0 saturated heterocycles. The highest BCUT2D eigenvalue weighted by Gasteiger charge is 2.14. The van der Waals surface area contributed by atoms with E-state index in [9.17, 15) is 4.79 Å². The first kappa shape index (κ1) is 15.5. The first-order valence-corrected chi connectivity index (χ1v) is 8.32. The van der Waals surface area contributed by atoms with Crippen molar-refractivity contribution in [2.45, 2.75) is 45.1 Å². The zero-order chi connectivity index (χ0) is 16.1. The standard InChI is InChI=1S/C19H23N3O/c1-14-7-5-6-10-17(14)22-19(23)18-12-11-16(13-20-18)21-15-8-3-2-4-9-15/h5-7,10-13,15,21H,2-4,8-9H2,1H3,(H,22,23). The minimum atomic E-state index is -0.177. The number of carbonyl (C=O) groups is 1. The highest BCUT2D eigenvalue weighted by molar-refractivity contribution is 6.03. The first-order chi connectivity index (χ1) is 11.2. The van der Waals surface area contributed by atoms with Crippen LogP contribution in [0.2, 0.25) is 0 Å². The molecule has 120 valence electrons. The number of pyridine rings is 1. The lowest BCUT2D eigenvalue weighted by Gasteiger charge is -2.23. The van der Waals surface area contributed by atoms with Gasteiger partial charge < -0.3 is 10.6 Å². The Labute approximate surface area is 137 Å². The third kappa shape index (κ3) is 4.09. The van der Waals surface area contributed by atoms with Crippen molar-refractivity contribution < 1.29 is 4.79 Å². The maximum atomic E-state index is 12.3. The minimum Gasteiger partial charge on any atom is -0.381 e. The molecule has 1 heterocycles. The Kier molecular flexibility index (Phi) is 4.91. The van der Waals surface area contributed by atoms with Gasteiger partial charge in [0.25, 0.3) is 5.91 Å². The van der Waals surface area contributed by atoms with E-state index in [0.29, 0.717) is 11.7 Å². The fraction of sp³-hybridized carbons (Fsp3) is 0.368. The van der Waals surface area contributed by atoms with Crippen LogP contribution in [-0.2, 0) is 0 Å². The molecule has 2 N–H and O–H groups in total. The number of benzene rings is 1. The van der Waals surface area contributed by atoms with Crippen LogP contribution in [-0.4, -0.2) is 16.9 Å². The van der Waals surface area contributed by atoms with E-state index < -0.39 is 0 Å². The monoisotopic (exact) mass is 309 g/mol. The normalized spacial score (nSPS) is 15.2. The van der Waals surface area contributed by atoms with E-state index in [4.69, 9.17) is 0 Å². The number of aryl methyl sites for hydroxylation is 1. The highest BCUT2D eigenvalue weighted by Crippen LogP contribution is 2.21. The third-order valence-electron chi connectivity index (χ3n) is 4.37. The van der Waals surface area contributed by atoms with Crippen molar-refractivity contribution in [3.05, 3.63) is 53.9 Å². The SMILES string of the molecule is Cc1ccccc1NC(=O)c1ccc(NC2CCCCC2)cn1. The smallest absolute Gasteiger partial charge is 0.274 e. The molecule has 1 aliphatic rings. The lowest BCUT2D eigenvalue weighted by molar-refractivity contribution is 0.102. The van der Waals surface area contributed by atoms with E-state index in [-0.39, 0.29) is 5.91 Å². The summed E-state index contributed by atoms with van der Waals surface area (Å²) < 4.78 is 0. The summed E-state index contributed by atoms with van der Waals surface area (Å²) in [6.07, 6.45) is 8.12. The average molecular weight is 309 g/mol. The molecule has 4 heteroatoms. The van der Waals surface area contributed by atoms with E-state index in [0.717, 1.165) is 16.9 Å². The van der Waals surface area contributed by atoms with Crippen LogP contribution in [0.1, 0.15) is 48.2 Å². The number of carbonyl (C=O) groups excluding carboxylic acids is 1. The van der Waals surface area contributed by atoms with Crippen LogP contribution >= 0.6 is 0 Å². The molecule has 0 atom stereocenters. The predicted octanol–water partition coefficient (Wildman–Crippen LogP) is 4.39. The second-order valence-electron chi connectivity index (χ2n) is 6.18. The third-order valence-corrected chi connectivity index (χ3v) is 4.37. The molecule has 0 radical (unpaired) electrons. The molecule has 1 aromatic heterocycles. The molecule has 1 fully saturated rings. The Balaban J connectivity index is 1.62. The lowest BCUT2D eigenvalue weighted by Crippen LogP contribution is -2.22. The molecular weight excluding hydrogens is 286 g/mol. The predicted molar refractivity (Wildman–Crippen MR) is 93.9 cm³/mol. The number of anilines is 2. The van der Waals surface area contributed by atoms with Crippen LogP contribution in [0.15, 0.2) is 42.6 Å². The molecule has 3 rings (SSSR count). The molecule has 4 nitrogen and oxygen atoms in total. The molecule has 1 aromatic carbocycles. The summed E-state index contributed by atoms with van der Waals surface area (Å²) in [7, 11) is 0. The molecule has 0 spiro atoms. The first-order valence-electron chi connectivity index (χ1n) is 8.32. The average Bonchev–Trinajstić information content (AvgIpc) is 2.58. The summed E-state index contributed by atoms with van der Waals surface area (Å²) in [5, 5.41) is 6.42. The number of amides is 1. The minimum absolute atomic E-state index is 0.177. The maximum absolute atomic E-state index is 12.3. The Morgan fingerprint density at radius 2 is 1.87 bits per heavy atom. The fourth-order valence-electron chi connectivity index (χ4n) is 3.00. The topological polar surface area (TPSA) is 54.0 Å². The molecule has 2 aromatic rings. The van der Waals surface area contributed by atoms with Crippen molar-refractivity contribution >= 4 is 17.3 Å². The number of rotatable bonds is 4. The summed E-state index contributed by atoms with van der Waals surface area (Å²) in [5.41, 5.74) is 3.28. The molecule has 1 aliphatic carbocycles. The van der Waals surface area contributed by atoms with Gasteiger partial charge in [-0.1, -0.05) is 37.5 Å². The Morgan fingerprint density at radius 1 is 1.09 bits per heavy atom. The summed E-state index contributed by atoms with van der Waals surface area (Å²) in [6.45, 7) is 1.97. The zero-order valence-corrected chi connectivity index (χ0v) is 13.5. The molecule has 1 amide bonds. The highest BCUT2D eigenvalue weighted by atomic mass is 16.1. The van der Waals surface area contributed by atoms with Gasteiger partial charge in [0.15, 0.2) is 0 Å². The van der Waals surface area contributed by atoms with Gasteiger partial charge in [-0.3, -0.25) is 4.79 Å². The van der Waals surface area contributed by atoms with Gasteiger partial charge in [0.1, 0.15) is 5.69 Å². The number of hydrogen-bond acceptors (Lipinski definition) is 3. The van der Waals surface area contributed by atoms with Crippen LogP contribution in [0.3, 0.4) is 0 Å². The molecule has 0 aliphatic heterocycles. The largest absolute Gasteiger partial charge is 0.381 e. The van der Waals surface area contributed by atoms with Crippen molar-refractivity contribution in [2.24, 2.45) is 0 Å². The van der Waals surface area contributed by atoms with Crippen molar-refractivity contribution in [3.63, 3.8) is 0 Å².